The van der Waals surface area contributed by atoms with E-state index in [1.165, 1.54) is 0 Å². The first-order chi connectivity index (χ1) is 15.1. The number of carbonyl (C=O) groups excluding carboxylic acids is 1. The molecule has 3 rings (SSSR count). The molecule has 1 N–H and O–H groups in total. The molecule has 0 amide bonds. The summed E-state index contributed by atoms with van der Waals surface area (Å²) in [6, 6.07) is 10.1. The summed E-state index contributed by atoms with van der Waals surface area (Å²) in [4.78, 5) is 12.5. The molecule has 6 heteroatoms. The van der Waals surface area contributed by atoms with Crippen LogP contribution in [-0.2, 0) is 30.3 Å². The minimum Gasteiger partial charge on any atom is -0.393 e. The van der Waals surface area contributed by atoms with Crippen molar-refractivity contribution in [1.29, 1.82) is 0 Å². The Hall–Kier alpha value is -1.57. The van der Waals surface area contributed by atoms with Gasteiger partial charge in [0.1, 0.15) is 5.78 Å². The van der Waals surface area contributed by atoms with E-state index in [-0.39, 0.29) is 36.8 Å². The average molecular weight is 433 g/mol. The smallest absolute Gasteiger partial charge is 0.157 e. The first-order valence-electron chi connectivity index (χ1n) is 11.5. The first kappa shape index (κ1) is 24.1. The summed E-state index contributed by atoms with van der Waals surface area (Å²) in [5.74, 6) is 0.0342. The van der Waals surface area contributed by atoms with Gasteiger partial charge in [0, 0.05) is 25.7 Å². The lowest BCUT2D eigenvalue weighted by Gasteiger charge is -2.35. The fourth-order valence-corrected chi connectivity index (χ4v) is 4.26. The van der Waals surface area contributed by atoms with Crippen molar-refractivity contribution >= 4 is 5.78 Å². The molecule has 0 aromatic heterocycles. The number of rotatable bonds is 13. The second-order valence-electron chi connectivity index (χ2n) is 8.50. The topological polar surface area (TPSA) is 74.2 Å². The molecule has 1 aromatic carbocycles. The normalized spacial score (nSPS) is 25.4. The molecule has 0 aliphatic carbocycles. The number of hydrogen-bond acceptors (Lipinski definition) is 6. The fourth-order valence-electron chi connectivity index (χ4n) is 4.26. The maximum atomic E-state index is 12.5. The highest BCUT2D eigenvalue weighted by molar-refractivity contribution is 5.79. The Labute approximate surface area is 185 Å². The molecular formula is C25H36O6. The Morgan fingerprint density at radius 2 is 1.94 bits per heavy atom. The van der Waals surface area contributed by atoms with Gasteiger partial charge in [-0.15, -0.1) is 6.58 Å². The number of aliphatic hydroxyl groups excluding tert-OH is 1. The monoisotopic (exact) mass is 432 g/mol. The molecule has 2 aliphatic heterocycles. The van der Waals surface area contributed by atoms with Crippen molar-refractivity contribution in [1.82, 2.24) is 0 Å². The Morgan fingerprint density at radius 1 is 1.19 bits per heavy atom. The van der Waals surface area contributed by atoms with Gasteiger partial charge in [-0.25, -0.2) is 0 Å². The first-order valence-corrected chi connectivity index (χ1v) is 11.5. The summed E-state index contributed by atoms with van der Waals surface area (Å²) in [5, 5.41) is 10.2. The second kappa shape index (κ2) is 13.1. The molecule has 0 bridgehead atoms. The number of ether oxygens (including phenoxy) is 4. The molecule has 2 unspecified atom stereocenters. The molecule has 2 heterocycles. The highest BCUT2D eigenvalue weighted by Gasteiger charge is 2.31. The van der Waals surface area contributed by atoms with Gasteiger partial charge >= 0.3 is 0 Å². The van der Waals surface area contributed by atoms with Crippen LogP contribution in [-0.4, -0.2) is 54.8 Å². The highest BCUT2D eigenvalue weighted by atomic mass is 16.7. The summed E-state index contributed by atoms with van der Waals surface area (Å²) in [6.07, 6.45) is 5.75. The van der Waals surface area contributed by atoms with E-state index in [2.05, 4.69) is 6.58 Å². The minimum atomic E-state index is -0.633. The van der Waals surface area contributed by atoms with Crippen LogP contribution in [0.15, 0.2) is 43.0 Å². The third-order valence-corrected chi connectivity index (χ3v) is 5.78. The van der Waals surface area contributed by atoms with Gasteiger partial charge in [-0.3, -0.25) is 4.79 Å². The van der Waals surface area contributed by atoms with E-state index in [0.717, 1.165) is 31.2 Å². The van der Waals surface area contributed by atoms with Crippen molar-refractivity contribution in [3.8, 4) is 0 Å². The minimum absolute atomic E-state index is 0.0150. The number of aliphatic hydroxyl groups is 1. The second-order valence-corrected chi connectivity index (χ2v) is 8.50. The number of carbonyl (C=O) groups is 1. The van der Waals surface area contributed by atoms with Crippen LogP contribution < -0.4 is 0 Å². The Balaban J connectivity index is 1.40. The quantitative estimate of drug-likeness (QED) is 0.476. The molecule has 0 spiro atoms. The number of hydrogen-bond donors (Lipinski definition) is 1. The van der Waals surface area contributed by atoms with Crippen molar-refractivity contribution in [2.45, 2.75) is 88.7 Å². The van der Waals surface area contributed by atoms with Gasteiger partial charge < -0.3 is 24.1 Å². The van der Waals surface area contributed by atoms with E-state index in [4.69, 9.17) is 18.9 Å². The van der Waals surface area contributed by atoms with Crippen molar-refractivity contribution in [3.63, 3.8) is 0 Å². The van der Waals surface area contributed by atoms with E-state index >= 15 is 0 Å². The van der Waals surface area contributed by atoms with Gasteiger partial charge in [-0.2, -0.15) is 0 Å². The molecule has 2 fully saturated rings. The van der Waals surface area contributed by atoms with Crippen LogP contribution in [0.4, 0.5) is 0 Å². The van der Waals surface area contributed by atoms with Crippen molar-refractivity contribution in [2.75, 3.05) is 13.2 Å². The Kier molecular flexibility index (Phi) is 10.2. The third-order valence-electron chi connectivity index (χ3n) is 5.78. The average Bonchev–Trinajstić information content (AvgIpc) is 3.26. The van der Waals surface area contributed by atoms with Crippen molar-refractivity contribution < 1.29 is 28.8 Å². The summed E-state index contributed by atoms with van der Waals surface area (Å²) in [5.41, 5.74) is 1.14. The zero-order valence-corrected chi connectivity index (χ0v) is 18.3. The van der Waals surface area contributed by atoms with Gasteiger partial charge in [0.15, 0.2) is 6.29 Å². The molecule has 2 aliphatic rings. The van der Waals surface area contributed by atoms with Gasteiger partial charge in [0.2, 0.25) is 0 Å². The summed E-state index contributed by atoms with van der Waals surface area (Å²) >= 11 is 0. The molecule has 0 radical (unpaired) electrons. The van der Waals surface area contributed by atoms with Crippen LogP contribution >= 0.6 is 0 Å². The molecule has 31 heavy (non-hydrogen) atoms. The lowest BCUT2D eigenvalue weighted by molar-refractivity contribution is -0.137. The third kappa shape index (κ3) is 8.83. The highest BCUT2D eigenvalue weighted by Crippen LogP contribution is 2.27. The lowest BCUT2D eigenvalue weighted by Crippen LogP contribution is -2.38. The largest absolute Gasteiger partial charge is 0.393 e. The predicted octanol–water partition coefficient (Wildman–Crippen LogP) is 3.95. The molecule has 172 valence electrons. The maximum Gasteiger partial charge on any atom is 0.157 e. The maximum absolute atomic E-state index is 12.5. The number of Topliss-reactive ketones (excluding diaryl/α,β-unsaturated/α-hetero) is 1. The van der Waals surface area contributed by atoms with E-state index in [0.29, 0.717) is 39.1 Å². The van der Waals surface area contributed by atoms with Gasteiger partial charge in [-0.05, 0) is 31.2 Å². The van der Waals surface area contributed by atoms with E-state index < -0.39 is 6.10 Å². The molecule has 2 saturated heterocycles. The summed E-state index contributed by atoms with van der Waals surface area (Å²) in [7, 11) is 0. The van der Waals surface area contributed by atoms with Crippen LogP contribution in [0.5, 0.6) is 0 Å². The summed E-state index contributed by atoms with van der Waals surface area (Å²) < 4.78 is 23.1. The molecular weight excluding hydrogens is 396 g/mol. The van der Waals surface area contributed by atoms with Crippen LogP contribution in [0.1, 0.15) is 56.9 Å². The van der Waals surface area contributed by atoms with E-state index in [1.54, 1.807) is 0 Å². The fraction of sp³-hybridized carbons (Fsp3) is 0.640. The number of ketones is 1. The van der Waals surface area contributed by atoms with Gasteiger partial charge in [-0.1, -0.05) is 36.4 Å². The molecule has 4 atom stereocenters. The summed E-state index contributed by atoms with van der Waals surface area (Å²) in [6.45, 7) is 5.64. The Morgan fingerprint density at radius 3 is 2.68 bits per heavy atom. The number of benzene rings is 1. The Bertz CT molecular complexity index is 657. The van der Waals surface area contributed by atoms with Crippen molar-refractivity contribution in [2.24, 2.45) is 0 Å². The lowest BCUT2D eigenvalue weighted by atomic mass is 9.94. The zero-order chi connectivity index (χ0) is 21.9. The molecule has 1 aromatic rings. The molecule has 6 nitrogen and oxygen atoms in total. The molecule has 0 saturated carbocycles. The van der Waals surface area contributed by atoms with E-state index in [1.807, 2.05) is 36.4 Å². The van der Waals surface area contributed by atoms with Crippen LogP contribution in [0.2, 0.25) is 0 Å². The van der Waals surface area contributed by atoms with Crippen LogP contribution in [0, 0.1) is 0 Å². The van der Waals surface area contributed by atoms with Crippen LogP contribution in [0.25, 0.3) is 0 Å². The van der Waals surface area contributed by atoms with Gasteiger partial charge in [0.25, 0.3) is 0 Å². The van der Waals surface area contributed by atoms with Crippen LogP contribution in [0.3, 0.4) is 0 Å². The standard InChI is InChI=1S/C25H36O6/c1-2-7-22-16-23(30-18-19-8-4-3-5-9-19)17-24(31-22)15-21(27)14-20(26)10-6-11-25-28-12-13-29-25/h2-5,8-9,20,22-26H,1,6-7,10-18H2/t20-,22+,23?,24?/m0/s1. The van der Waals surface area contributed by atoms with E-state index in [9.17, 15) is 9.90 Å². The predicted molar refractivity (Wildman–Crippen MR) is 118 cm³/mol. The van der Waals surface area contributed by atoms with Gasteiger partial charge in [0.05, 0.1) is 44.2 Å². The van der Waals surface area contributed by atoms with Crippen molar-refractivity contribution in [3.05, 3.63) is 48.6 Å². The zero-order valence-electron chi connectivity index (χ0n) is 18.3. The SMILES string of the molecule is C=CC[C@@H]1CC(OCc2ccccc2)CC(CC(=O)C[C@@H](O)CCCC2OCCO2)O1.